The van der Waals surface area contributed by atoms with Gasteiger partial charge >= 0.3 is 0 Å². The first-order valence-electron chi connectivity index (χ1n) is 9.60. The van der Waals surface area contributed by atoms with Crippen LogP contribution < -0.4 is 0 Å². The van der Waals surface area contributed by atoms with Gasteiger partial charge in [0, 0.05) is 19.0 Å². The summed E-state index contributed by atoms with van der Waals surface area (Å²) in [5.41, 5.74) is 0.797. The van der Waals surface area contributed by atoms with Crippen molar-refractivity contribution >= 4 is 5.91 Å². The molecule has 2 fully saturated rings. The number of piperidine rings is 1. The number of likely N-dealkylation sites (tertiary alicyclic amines) is 1. The Morgan fingerprint density at radius 3 is 2.59 bits per heavy atom. The molecule has 0 N–H and O–H groups in total. The number of nitrogens with zero attached hydrogens (tertiary/aromatic N) is 4. The van der Waals surface area contributed by atoms with Crippen LogP contribution in [0.4, 0.5) is 0 Å². The molecule has 0 radical (unpaired) electrons. The number of carbonyl (C=O) groups excluding carboxylic acids is 1. The van der Waals surface area contributed by atoms with Gasteiger partial charge in [0.1, 0.15) is 6.26 Å². The van der Waals surface area contributed by atoms with Crippen molar-refractivity contribution in [3.05, 3.63) is 24.5 Å². The van der Waals surface area contributed by atoms with E-state index in [0.717, 1.165) is 31.5 Å². The minimum Gasteiger partial charge on any atom is -0.472 e. The van der Waals surface area contributed by atoms with Crippen molar-refractivity contribution in [3.8, 4) is 11.5 Å². The lowest BCUT2D eigenvalue weighted by atomic mass is 9.97. The van der Waals surface area contributed by atoms with Crippen LogP contribution in [0.1, 0.15) is 38.5 Å². The summed E-state index contributed by atoms with van der Waals surface area (Å²) in [5, 5.41) is 8.32. The Labute approximate surface area is 158 Å². The molecule has 2 aliphatic heterocycles. The Hall–Kier alpha value is -2.19. The Kier molecular flexibility index (Phi) is 5.27. The lowest BCUT2D eigenvalue weighted by Gasteiger charge is -2.37. The topological polar surface area (TPSA) is 84.8 Å². The van der Waals surface area contributed by atoms with Gasteiger partial charge in [0.2, 0.25) is 11.8 Å². The third-order valence-corrected chi connectivity index (χ3v) is 5.28. The van der Waals surface area contributed by atoms with Gasteiger partial charge in [-0.25, -0.2) is 0 Å². The van der Waals surface area contributed by atoms with Crippen molar-refractivity contribution in [1.82, 2.24) is 20.0 Å². The molecule has 2 aromatic heterocycles. The maximum Gasteiger partial charge on any atom is 0.250 e. The molecule has 4 rings (SSSR count). The van der Waals surface area contributed by atoms with Crippen molar-refractivity contribution in [3.63, 3.8) is 0 Å². The molecule has 146 valence electrons. The van der Waals surface area contributed by atoms with Crippen LogP contribution in [0.15, 0.2) is 27.4 Å². The minimum atomic E-state index is 0.102. The zero-order valence-corrected chi connectivity index (χ0v) is 15.8. The fraction of sp³-hybridized carbons (Fsp3) is 0.632. The van der Waals surface area contributed by atoms with Gasteiger partial charge in [0.05, 0.1) is 30.6 Å². The Morgan fingerprint density at radius 1 is 1.19 bits per heavy atom. The van der Waals surface area contributed by atoms with Crippen LogP contribution in [-0.4, -0.2) is 70.8 Å². The smallest absolute Gasteiger partial charge is 0.250 e. The summed E-state index contributed by atoms with van der Waals surface area (Å²) in [4.78, 5) is 16.8. The SMILES string of the molecule is CC1CN(C(=O)CN2CCC(c3nnc(-c4ccoc4)o3)CC2)CC(C)O1. The number of hydrogen-bond acceptors (Lipinski definition) is 7. The van der Waals surface area contributed by atoms with Crippen molar-refractivity contribution in [1.29, 1.82) is 0 Å². The van der Waals surface area contributed by atoms with Gasteiger partial charge in [-0.2, -0.15) is 0 Å². The molecule has 2 aliphatic rings. The highest BCUT2D eigenvalue weighted by Crippen LogP contribution is 2.29. The first-order valence-corrected chi connectivity index (χ1v) is 9.60. The molecule has 2 saturated heterocycles. The molecule has 0 aromatic carbocycles. The van der Waals surface area contributed by atoms with Crippen molar-refractivity contribution in [2.24, 2.45) is 0 Å². The van der Waals surface area contributed by atoms with E-state index in [2.05, 4.69) is 15.1 Å². The van der Waals surface area contributed by atoms with Gasteiger partial charge in [-0.05, 0) is 45.8 Å². The molecule has 8 heteroatoms. The summed E-state index contributed by atoms with van der Waals surface area (Å²) < 4.78 is 16.6. The predicted molar refractivity (Wildman–Crippen MR) is 97.0 cm³/mol. The molecule has 27 heavy (non-hydrogen) atoms. The standard InChI is InChI=1S/C19H26N4O4/c1-13-9-23(10-14(2)26-13)17(24)11-22-6-3-15(4-7-22)18-20-21-19(27-18)16-5-8-25-12-16/h5,8,12-15H,3-4,6-7,9-11H2,1-2H3. The van der Waals surface area contributed by atoms with E-state index < -0.39 is 0 Å². The highest BCUT2D eigenvalue weighted by molar-refractivity contribution is 5.78. The van der Waals surface area contributed by atoms with E-state index in [4.69, 9.17) is 13.6 Å². The predicted octanol–water partition coefficient (Wildman–Crippen LogP) is 2.14. The van der Waals surface area contributed by atoms with Gasteiger partial charge in [-0.1, -0.05) is 0 Å². The molecule has 0 saturated carbocycles. The van der Waals surface area contributed by atoms with E-state index in [9.17, 15) is 4.79 Å². The number of furan rings is 1. The fourth-order valence-electron chi connectivity index (χ4n) is 3.91. The van der Waals surface area contributed by atoms with Gasteiger partial charge in [-0.3, -0.25) is 9.69 Å². The average molecular weight is 374 g/mol. The quantitative estimate of drug-likeness (QED) is 0.810. The molecule has 2 aromatic rings. The Bertz CT molecular complexity index is 742. The molecule has 0 bridgehead atoms. The van der Waals surface area contributed by atoms with E-state index in [-0.39, 0.29) is 24.0 Å². The summed E-state index contributed by atoms with van der Waals surface area (Å²) in [7, 11) is 0. The second kappa shape index (κ2) is 7.82. The Balaban J connectivity index is 1.28. The number of rotatable bonds is 4. The van der Waals surface area contributed by atoms with Gasteiger partial charge < -0.3 is 18.5 Å². The van der Waals surface area contributed by atoms with Crippen molar-refractivity contribution in [2.75, 3.05) is 32.7 Å². The lowest BCUT2D eigenvalue weighted by molar-refractivity contribution is -0.144. The molecule has 2 unspecified atom stereocenters. The summed E-state index contributed by atoms with van der Waals surface area (Å²) in [5.74, 6) is 1.60. The number of amides is 1. The van der Waals surface area contributed by atoms with E-state index in [1.807, 2.05) is 18.7 Å². The van der Waals surface area contributed by atoms with E-state index in [0.29, 0.717) is 31.4 Å². The zero-order chi connectivity index (χ0) is 18.8. The lowest BCUT2D eigenvalue weighted by Crippen LogP contribution is -2.51. The van der Waals surface area contributed by atoms with Gasteiger partial charge in [-0.15, -0.1) is 10.2 Å². The van der Waals surface area contributed by atoms with Crippen LogP contribution >= 0.6 is 0 Å². The van der Waals surface area contributed by atoms with Crippen LogP contribution in [0, 0.1) is 0 Å². The maximum atomic E-state index is 12.6. The number of carbonyl (C=O) groups is 1. The highest BCUT2D eigenvalue weighted by atomic mass is 16.5. The minimum absolute atomic E-state index is 0.102. The van der Waals surface area contributed by atoms with Gasteiger partial charge in [0.15, 0.2) is 0 Å². The monoisotopic (exact) mass is 374 g/mol. The first-order chi connectivity index (χ1) is 13.1. The summed E-state index contributed by atoms with van der Waals surface area (Å²) >= 11 is 0. The molecule has 0 spiro atoms. The number of hydrogen-bond donors (Lipinski definition) is 0. The Morgan fingerprint density at radius 2 is 1.93 bits per heavy atom. The van der Waals surface area contributed by atoms with Crippen LogP contribution in [0.3, 0.4) is 0 Å². The molecule has 4 heterocycles. The molecule has 2 atom stereocenters. The largest absolute Gasteiger partial charge is 0.472 e. The first kappa shape index (κ1) is 18.2. The second-order valence-electron chi connectivity index (χ2n) is 7.56. The summed E-state index contributed by atoms with van der Waals surface area (Å²) in [6, 6.07) is 1.80. The third kappa shape index (κ3) is 4.22. The average Bonchev–Trinajstić information content (AvgIpc) is 3.33. The van der Waals surface area contributed by atoms with E-state index in [1.54, 1.807) is 18.6 Å². The number of morpholine rings is 1. The molecule has 1 amide bonds. The van der Waals surface area contributed by atoms with E-state index in [1.165, 1.54) is 0 Å². The molecular formula is C19H26N4O4. The zero-order valence-electron chi connectivity index (χ0n) is 15.8. The third-order valence-electron chi connectivity index (χ3n) is 5.28. The normalized spacial score (nSPS) is 25.0. The molecule has 0 aliphatic carbocycles. The van der Waals surface area contributed by atoms with Crippen LogP contribution in [0.5, 0.6) is 0 Å². The van der Waals surface area contributed by atoms with Crippen molar-refractivity contribution in [2.45, 2.75) is 44.8 Å². The fourth-order valence-corrected chi connectivity index (χ4v) is 3.91. The second-order valence-corrected chi connectivity index (χ2v) is 7.56. The number of aromatic nitrogens is 2. The van der Waals surface area contributed by atoms with Crippen LogP contribution in [0.25, 0.3) is 11.5 Å². The maximum absolute atomic E-state index is 12.6. The molecule has 8 nitrogen and oxygen atoms in total. The van der Waals surface area contributed by atoms with Crippen LogP contribution in [0.2, 0.25) is 0 Å². The molecular weight excluding hydrogens is 348 g/mol. The summed E-state index contributed by atoms with van der Waals surface area (Å²) in [6.07, 6.45) is 5.21. The van der Waals surface area contributed by atoms with Crippen LogP contribution in [-0.2, 0) is 9.53 Å². The summed E-state index contributed by atoms with van der Waals surface area (Å²) in [6.45, 7) is 7.57. The highest BCUT2D eigenvalue weighted by Gasteiger charge is 2.30. The number of ether oxygens (including phenoxy) is 1. The van der Waals surface area contributed by atoms with Crippen molar-refractivity contribution < 1.29 is 18.4 Å². The van der Waals surface area contributed by atoms with Gasteiger partial charge in [0.25, 0.3) is 5.89 Å². The van der Waals surface area contributed by atoms with E-state index >= 15 is 0 Å².